The highest BCUT2D eigenvalue weighted by Crippen LogP contribution is 2.28. The lowest BCUT2D eigenvalue weighted by Crippen LogP contribution is -2.26. The summed E-state index contributed by atoms with van der Waals surface area (Å²) in [6.45, 7) is 8.32. The molecule has 144 valence electrons. The van der Waals surface area contributed by atoms with Crippen LogP contribution in [0.2, 0.25) is 25.2 Å². The Balaban J connectivity index is 1.65. The third-order valence-corrected chi connectivity index (χ3v) is 8.71. The minimum absolute atomic E-state index is 0.250. The molecule has 1 aromatic rings. The van der Waals surface area contributed by atoms with Gasteiger partial charge in [-0.1, -0.05) is 43.8 Å². The monoisotopic (exact) mass is 373 g/mol. The van der Waals surface area contributed by atoms with Crippen LogP contribution in [0.1, 0.15) is 49.4 Å². The van der Waals surface area contributed by atoms with Crippen LogP contribution in [0.4, 0.5) is 5.69 Å². The first-order valence-corrected chi connectivity index (χ1v) is 13.6. The summed E-state index contributed by atoms with van der Waals surface area (Å²) in [7, 11) is -1.08. The Bertz CT molecular complexity index is 580. The summed E-state index contributed by atoms with van der Waals surface area (Å²) in [5, 5.41) is 3.48. The van der Waals surface area contributed by atoms with E-state index in [2.05, 4.69) is 30.6 Å². The van der Waals surface area contributed by atoms with Crippen LogP contribution >= 0.6 is 0 Å². The quantitative estimate of drug-likeness (QED) is 0.232. The average molecular weight is 374 g/mol. The van der Waals surface area contributed by atoms with Crippen molar-refractivity contribution < 1.29 is 9.53 Å². The van der Waals surface area contributed by atoms with Gasteiger partial charge in [0.05, 0.1) is 12.2 Å². The first-order valence-electron chi connectivity index (χ1n) is 10.2. The van der Waals surface area contributed by atoms with Crippen LogP contribution in [-0.2, 0) is 4.74 Å². The smallest absolute Gasteiger partial charge is 0.338 e. The van der Waals surface area contributed by atoms with E-state index in [0.717, 1.165) is 18.2 Å². The Hall–Kier alpha value is -1.55. The summed E-state index contributed by atoms with van der Waals surface area (Å²) < 4.78 is 5.01. The van der Waals surface area contributed by atoms with Crippen molar-refractivity contribution in [1.29, 1.82) is 0 Å². The maximum absolute atomic E-state index is 11.7. The van der Waals surface area contributed by atoms with Gasteiger partial charge in [0.1, 0.15) is 0 Å². The fourth-order valence-electron chi connectivity index (χ4n) is 3.58. The molecule has 0 amide bonds. The molecule has 1 unspecified atom stereocenters. The van der Waals surface area contributed by atoms with Gasteiger partial charge in [0, 0.05) is 20.3 Å². The van der Waals surface area contributed by atoms with Gasteiger partial charge < -0.3 is 10.1 Å². The molecule has 1 aliphatic rings. The first-order chi connectivity index (χ1) is 12.5. The zero-order chi connectivity index (χ0) is 18.8. The van der Waals surface area contributed by atoms with Gasteiger partial charge >= 0.3 is 5.97 Å². The number of carbonyl (C=O) groups excluding carboxylic acids is 1. The molecule has 0 radical (unpaired) electrons. The number of anilines is 1. The molecule has 0 spiro atoms. The molecule has 4 heteroatoms. The largest absolute Gasteiger partial charge is 0.462 e. The molecule has 0 aromatic heterocycles. The predicted octanol–water partition coefficient (Wildman–Crippen LogP) is 6.12. The number of ether oxygens (including phenoxy) is 1. The summed E-state index contributed by atoms with van der Waals surface area (Å²) in [5.41, 5.74) is 1.69. The first kappa shape index (κ1) is 20.8. The maximum atomic E-state index is 11.7. The third-order valence-electron chi connectivity index (χ3n) is 5.36. The van der Waals surface area contributed by atoms with Crippen LogP contribution < -0.4 is 5.32 Å². The molecule has 0 heterocycles. The van der Waals surface area contributed by atoms with E-state index >= 15 is 0 Å². The second kappa shape index (κ2) is 10.6. The average Bonchev–Trinajstić information content (AvgIpc) is 2.65. The number of rotatable bonds is 10. The van der Waals surface area contributed by atoms with Gasteiger partial charge in [-0.25, -0.2) is 4.79 Å². The lowest BCUT2D eigenvalue weighted by Gasteiger charge is -2.26. The Morgan fingerprint density at radius 2 is 1.96 bits per heavy atom. The lowest BCUT2D eigenvalue weighted by atomic mass is 9.92. The second-order valence-electron chi connectivity index (χ2n) is 8.18. The molecule has 0 saturated heterocycles. The van der Waals surface area contributed by atoms with Crippen molar-refractivity contribution in [1.82, 2.24) is 0 Å². The number of nitrogens with one attached hydrogen (secondary N) is 1. The van der Waals surface area contributed by atoms with Crippen molar-refractivity contribution in [2.45, 2.75) is 64.2 Å². The summed E-state index contributed by atoms with van der Waals surface area (Å²) in [6.07, 6.45) is 11.3. The zero-order valence-corrected chi connectivity index (χ0v) is 17.7. The summed E-state index contributed by atoms with van der Waals surface area (Å²) in [5.74, 6) is 0.683. The fourth-order valence-corrected chi connectivity index (χ4v) is 6.15. The fraction of sp³-hybridized carbons (Fsp3) is 0.591. The molecule has 0 saturated carbocycles. The number of esters is 1. The minimum Gasteiger partial charge on any atom is -0.462 e. The molecule has 2 rings (SSSR count). The van der Waals surface area contributed by atoms with Gasteiger partial charge in [-0.15, -0.1) is 0 Å². The molecule has 1 atom stereocenters. The van der Waals surface area contributed by atoms with Crippen LogP contribution in [0, 0.1) is 5.92 Å². The highest BCUT2D eigenvalue weighted by atomic mass is 28.3. The molecule has 1 aromatic carbocycles. The van der Waals surface area contributed by atoms with Crippen molar-refractivity contribution in [2.75, 3.05) is 18.5 Å². The summed E-state index contributed by atoms with van der Waals surface area (Å²) >= 11 is 0. The molecule has 1 N–H and O–H groups in total. The van der Waals surface area contributed by atoms with Gasteiger partial charge in [-0.3, -0.25) is 0 Å². The van der Waals surface area contributed by atoms with Crippen LogP contribution in [0.5, 0.6) is 0 Å². The van der Waals surface area contributed by atoms with Crippen LogP contribution in [0.3, 0.4) is 0 Å². The van der Waals surface area contributed by atoms with Gasteiger partial charge in [-0.2, -0.15) is 0 Å². The standard InChI is InChI=1S/C22H35NO2Si/c1-4-25-22(24)20-11-13-21(14-12-20)23-16-8-17-26(2,3)18-15-19-9-6-5-7-10-19/h5-6,11-14,19,23H,4,7-10,15-18H2,1-3H3. The highest BCUT2D eigenvalue weighted by Gasteiger charge is 2.22. The van der Waals surface area contributed by atoms with Crippen molar-refractivity contribution in [3.8, 4) is 0 Å². The molecule has 0 aliphatic heterocycles. The minimum atomic E-state index is -1.08. The van der Waals surface area contributed by atoms with Crippen LogP contribution in [-0.4, -0.2) is 27.2 Å². The SMILES string of the molecule is CCOC(=O)c1ccc(NCCC[Si](C)(C)CCC2CC=CCC2)cc1. The van der Waals surface area contributed by atoms with Crippen molar-refractivity contribution in [3.05, 3.63) is 42.0 Å². The van der Waals surface area contributed by atoms with E-state index in [1.54, 1.807) is 0 Å². The molecule has 0 bridgehead atoms. The van der Waals surface area contributed by atoms with Gasteiger partial charge in [0.15, 0.2) is 0 Å². The molecule has 26 heavy (non-hydrogen) atoms. The van der Waals surface area contributed by atoms with Crippen molar-refractivity contribution >= 4 is 19.7 Å². The highest BCUT2D eigenvalue weighted by molar-refractivity contribution is 6.77. The number of hydrogen-bond donors (Lipinski definition) is 1. The predicted molar refractivity (Wildman–Crippen MR) is 114 cm³/mol. The number of carbonyl (C=O) groups is 1. The number of allylic oxidation sites excluding steroid dienone is 2. The summed E-state index contributed by atoms with van der Waals surface area (Å²) in [4.78, 5) is 11.7. The molecule has 1 aliphatic carbocycles. The van der Waals surface area contributed by atoms with E-state index in [9.17, 15) is 4.79 Å². The van der Waals surface area contributed by atoms with E-state index in [4.69, 9.17) is 4.74 Å². The Labute approximate surface area is 160 Å². The lowest BCUT2D eigenvalue weighted by molar-refractivity contribution is 0.0526. The second-order valence-corrected chi connectivity index (χ2v) is 13.5. The molecular formula is C22H35NO2Si. The van der Waals surface area contributed by atoms with Crippen molar-refractivity contribution in [3.63, 3.8) is 0 Å². The van der Waals surface area contributed by atoms with Crippen LogP contribution in [0.25, 0.3) is 0 Å². The zero-order valence-electron chi connectivity index (χ0n) is 16.7. The van der Waals surface area contributed by atoms with Gasteiger partial charge in [-0.05, 0) is 62.8 Å². The topological polar surface area (TPSA) is 38.3 Å². The molecule has 0 fully saturated rings. The van der Waals surface area contributed by atoms with Crippen LogP contribution in [0.15, 0.2) is 36.4 Å². The van der Waals surface area contributed by atoms with E-state index < -0.39 is 8.07 Å². The van der Waals surface area contributed by atoms with Crippen molar-refractivity contribution in [2.24, 2.45) is 5.92 Å². The third kappa shape index (κ3) is 7.36. The van der Waals surface area contributed by atoms with E-state index in [0.29, 0.717) is 12.2 Å². The van der Waals surface area contributed by atoms with E-state index in [1.165, 1.54) is 44.2 Å². The van der Waals surface area contributed by atoms with Gasteiger partial charge in [0.25, 0.3) is 0 Å². The number of hydrogen-bond acceptors (Lipinski definition) is 3. The normalized spacial score (nSPS) is 17.1. The van der Waals surface area contributed by atoms with E-state index in [-0.39, 0.29) is 5.97 Å². The molecule has 3 nitrogen and oxygen atoms in total. The summed E-state index contributed by atoms with van der Waals surface area (Å²) in [6, 6.07) is 10.4. The Kier molecular flexibility index (Phi) is 8.43. The molecular weight excluding hydrogens is 338 g/mol. The Morgan fingerprint density at radius 3 is 2.62 bits per heavy atom. The number of benzene rings is 1. The Morgan fingerprint density at radius 1 is 1.19 bits per heavy atom. The maximum Gasteiger partial charge on any atom is 0.338 e. The van der Waals surface area contributed by atoms with E-state index in [1.807, 2.05) is 31.2 Å². The van der Waals surface area contributed by atoms with Gasteiger partial charge in [0.2, 0.25) is 0 Å².